The number of halogens is 1. The highest BCUT2D eigenvalue weighted by Crippen LogP contribution is 2.34. The van der Waals surface area contributed by atoms with Gasteiger partial charge >= 0.3 is 0 Å². The molecule has 1 aliphatic rings. The van der Waals surface area contributed by atoms with E-state index in [1.54, 1.807) is 37.7 Å². The number of hydrogen-bond acceptors (Lipinski definition) is 6. The van der Waals surface area contributed by atoms with Gasteiger partial charge < -0.3 is 14.1 Å². The van der Waals surface area contributed by atoms with Crippen LogP contribution in [0.25, 0.3) is 22.1 Å². The maximum Gasteiger partial charge on any atom is 0.289 e. The van der Waals surface area contributed by atoms with Gasteiger partial charge in [0.05, 0.1) is 12.8 Å². The third-order valence-corrected chi connectivity index (χ3v) is 5.53. The molecule has 0 bridgehead atoms. The Bertz CT molecular complexity index is 1220. The minimum absolute atomic E-state index is 0.114. The van der Waals surface area contributed by atoms with Gasteiger partial charge in [0.1, 0.15) is 5.52 Å². The summed E-state index contributed by atoms with van der Waals surface area (Å²) in [6, 6.07) is 5.14. The van der Waals surface area contributed by atoms with E-state index in [0.29, 0.717) is 35.1 Å². The number of aromatic nitrogens is 4. The summed E-state index contributed by atoms with van der Waals surface area (Å²) in [5, 5.41) is 8.55. The Morgan fingerprint density at radius 1 is 1.31 bits per heavy atom. The third-order valence-electron chi connectivity index (χ3n) is 5.31. The van der Waals surface area contributed by atoms with Gasteiger partial charge in [-0.15, -0.1) is 0 Å². The molecule has 8 nitrogen and oxygen atoms in total. The van der Waals surface area contributed by atoms with Crippen LogP contribution >= 0.6 is 11.6 Å². The van der Waals surface area contributed by atoms with E-state index in [9.17, 15) is 4.79 Å². The molecule has 9 heteroatoms. The topological polar surface area (TPSA) is 97.1 Å². The molecule has 1 amide bonds. The Morgan fingerprint density at radius 3 is 3.03 bits per heavy atom. The van der Waals surface area contributed by atoms with E-state index in [1.165, 1.54) is 0 Å². The summed E-state index contributed by atoms with van der Waals surface area (Å²) in [7, 11) is 1.54. The molecule has 1 fully saturated rings. The molecule has 148 valence electrons. The van der Waals surface area contributed by atoms with Gasteiger partial charge in [0, 0.05) is 47.9 Å². The van der Waals surface area contributed by atoms with Gasteiger partial charge in [0.25, 0.3) is 5.91 Å². The van der Waals surface area contributed by atoms with E-state index >= 15 is 0 Å². The minimum Gasteiger partial charge on any atom is -0.493 e. The van der Waals surface area contributed by atoms with Crippen LogP contribution in [0, 0.1) is 0 Å². The molecular weight excluding hydrogens is 394 g/mol. The first-order chi connectivity index (χ1) is 14.1. The largest absolute Gasteiger partial charge is 0.493 e. The van der Waals surface area contributed by atoms with Crippen molar-refractivity contribution < 1.29 is 13.9 Å². The number of aromatic amines is 1. The molecule has 5 rings (SSSR count). The van der Waals surface area contributed by atoms with E-state index in [1.807, 2.05) is 4.90 Å². The fraction of sp³-hybridized carbons (Fsp3) is 0.300. The highest BCUT2D eigenvalue weighted by Gasteiger charge is 2.30. The van der Waals surface area contributed by atoms with Gasteiger partial charge in [-0.25, -0.2) is 9.97 Å². The van der Waals surface area contributed by atoms with E-state index in [2.05, 4.69) is 20.2 Å². The van der Waals surface area contributed by atoms with Crippen molar-refractivity contribution in [2.75, 3.05) is 20.2 Å². The molecule has 4 aromatic rings. The van der Waals surface area contributed by atoms with Crippen LogP contribution in [-0.2, 0) is 0 Å². The van der Waals surface area contributed by atoms with Crippen molar-refractivity contribution in [3.05, 3.63) is 47.1 Å². The first kappa shape index (κ1) is 17.9. The Morgan fingerprint density at radius 2 is 2.17 bits per heavy atom. The third kappa shape index (κ3) is 3.09. The number of H-pyrrole nitrogens is 1. The monoisotopic (exact) mass is 411 g/mol. The molecule has 0 radical (unpaired) electrons. The van der Waals surface area contributed by atoms with Gasteiger partial charge in [-0.1, -0.05) is 11.6 Å². The summed E-state index contributed by atoms with van der Waals surface area (Å²) < 4.78 is 11.2. The van der Waals surface area contributed by atoms with Crippen LogP contribution in [-0.4, -0.2) is 51.2 Å². The number of likely N-dealkylation sites (tertiary alicyclic amines) is 1. The molecule has 1 N–H and O–H groups in total. The second kappa shape index (κ2) is 7.04. The molecule has 1 aliphatic heterocycles. The average molecular weight is 412 g/mol. The standard InChI is InChI=1S/C20H18ClN5O3/c1-28-14-9-13(21)7-12-8-15(29-18(12)14)20(27)26-6-2-3-11(10-26)16-17-19(25-24-16)23-5-4-22-17/h4-5,7-9,11H,2-3,6,10H2,1H3,(H,23,24,25)/t11-/m0/s1. The Kier molecular flexibility index (Phi) is 4.35. The zero-order valence-electron chi connectivity index (χ0n) is 15.7. The first-order valence-corrected chi connectivity index (χ1v) is 9.73. The van der Waals surface area contributed by atoms with Crippen molar-refractivity contribution in [1.29, 1.82) is 0 Å². The van der Waals surface area contributed by atoms with Gasteiger partial charge in [0.2, 0.25) is 0 Å². The average Bonchev–Trinajstić information content (AvgIpc) is 3.37. The number of amides is 1. The Balaban J connectivity index is 1.43. The van der Waals surface area contributed by atoms with E-state index in [4.69, 9.17) is 20.8 Å². The first-order valence-electron chi connectivity index (χ1n) is 9.35. The fourth-order valence-corrected chi connectivity index (χ4v) is 4.17. The van der Waals surface area contributed by atoms with Gasteiger partial charge in [0.15, 0.2) is 22.7 Å². The summed E-state index contributed by atoms with van der Waals surface area (Å²) in [6.45, 7) is 1.23. The van der Waals surface area contributed by atoms with Crippen LogP contribution in [0.1, 0.15) is 35.0 Å². The van der Waals surface area contributed by atoms with Crippen molar-refractivity contribution in [2.24, 2.45) is 0 Å². The predicted molar refractivity (Wildman–Crippen MR) is 107 cm³/mol. The molecule has 0 spiro atoms. The number of nitrogens with zero attached hydrogens (tertiary/aromatic N) is 4. The summed E-state index contributed by atoms with van der Waals surface area (Å²) in [5.41, 5.74) is 2.79. The second-order valence-corrected chi connectivity index (χ2v) is 7.53. The molecule has 29 heavy (non-hydrogen) atoms. The highest BCUT2D eigenvalue weighted by atomic mass is 35.5. The van der Waals surface area contributed by atoms with Gasteiger partial charge in [-0.2, -0.15) is 5.10 Å². The number of benzene rings is 1. The number of methoxy groups -OCH3 is 1. The number of piperidine rings is 1. The summed E-state index contributed by atoms with van der Waals surface area (Å²) in [5.74, 6) is 0.739. The van der Waals surface area contributed by atoms with Crippen LogP contribution in [0.5, 0.6) is 5.75 Å². The molecule has 4 heterocycles. The number of nitrogens with one attached hydrogen (secondary N) is 1. The van der Waals surface area contributed by atoms with Crippen LogP contribution in [0.4, 0.5) is 0 Å². The lowest BCUT2D eigenvalue weighted by atomic mass is 9.94. The number of ether oxygens (including phenoxy) is 1. The van der Waals surface area contributed by atoms with Crippen LogP contribution < -0.4 is 4.74 Å². The van der Waals surface area contributed by atoms with Crippen molar-refractivity contribution in [2.45, 2.75) is 18.8 Å². The van der Waals surface area contributed by atoms with Crippen molar-refractivity contribution in [1.82, 2.24) is 25.1 Å². The quantitative estimate of drug-likeness (QED) is 0.551. The fourth-order valence-electron chi connectivity index (χ4n) is 3.95. The zero-order valence-corrected chi connectivity index (χ0v) is 16.4. The number of carbonyl (C=O) groups is 1. The lowest BCUT2D eigenvalue weighted by Gasteiger charge is -2.31. The molecule has 0 unspecified atom stereocenters. The zero-order chi connectivity index (χ0) is 20.0. The van der Waals surface area contributed by atoms with E-state index in [0.717, 1.165) is 29.4 Å². The Hall–Kier alpha value is -3.13. The molecule has 1 saturated heterocycles. The molecule has 1 atom stereocenters. The number of hydrogen-bond donors (Lipinski definition) is 1. The normalized spacial score (nSPS) is 17.2. The van der Waals surface area contributed by atoms with E-state index < -0.39 is 0 Å². The Labute approximate surface area is 170 Å². The van der Waals surface area contributed by atoms with Gasteiger partial charge in [-0.3, -0.25) is 9.89 Å². The number of rotatable bonds is 3. The summed E-state index contributed by atoms with van der Waals surface area (Å²) in [6.07, 6.45) is 5.10. The lowest BCUT2D eigenvalue weighted by molar-refractivity contribution is 0.0676. The molecule has 0 aliphatic carbocycles. The maximum atomic E-state index is 13.1. The SMILES string of the molecule is COc1cc(Cl)cc2cc(C(=O)N3CCC[C@H](c4[nH]nc5nccnc45)C3)oc12. The minimum atomic E-state index is -0.154. The molecular formula is C20H18ClN5O3. The van der Waals surface area contributed by atoms with Crippen LogP contribution in [0.2, 0.25) is 5.02 Å². The van der Waals surface area contributed by atoms with E-state index in [-0.39, 0.29) is 17.6 Å². The number of fused-ring (bicyclic) bond motifs is 2. The van der Waals surface area contributed by atoms with Crippen LogP contribution in [0.3, 0.4) is 0 Å². The molecule has 0 saturated carbocycles. The van der Waals surface area contributed by atoms with Crippen molar-refractivity contribution in [3.8, 4) is 5.75 Å². The number of furan rings is 1. The van der Waals surface area contributed by atoms with Crippen LogP contribution in [0.15, 0.2) is 35.0 Å². The summed E-state index contributed by atoms with van der Waals surface area (Å²) >= 11 is 6.13. The predicted octanol–water partition coefficient (Wildman–Crippen LogP) is 3.78. The summed E-state index contributed by atoms with van der Waals surface area (Å²) in [4.78, 5) is 23.6. The second-order valence-electron chi connectivity index (χ2n) is 7.09. The lowest BCUT2D eigenvalue weighted by Crippen LogP contribution is -2.39. The smallest absolute Gasteiger partial charge is 0.289 e. The maximum absolute atomic E-state index is 13.1. The van der Waals surface area contributed by atoms with Gasteiger partial charge in [-0.05, 0) is 25.0 Å². The highest BCUT2D eigenvalue weighted by molar-refractivity contribution is 6.31. The molecule has 3 aromatic heterocycles. The number of carbonyl (C=O) groups excluding carboxylic acids is 1. The van der Waals surface area contributed by atoms with Crippen molar-refractivity contribution >= 4 is 39.6 Å². The molecule has 1 aromatic carbocycles. The van der Waals surface area contributed by atoms with Crippen molar-refractivity contribution in [3.63, 3.8) is 0 Å².